The molecule has 2 N–H and O–H groups in total. The van der Waals surface area contributed by atoms with Gasteiger partial charge in [0.1, 0.15) is 12.2 Å². The lowest BCUT2D eigenvalue weighted by Crippen LogP contribution is -2.69. The van der Waals surface area contributed by atoms with Crippen molar-refractivity contribution in [3.63, 3.8) is 0 Å². The minimum absolute atomic E-state index is 0.224. The number of aliphatic hydroxyl groups is 2. The highest BCUT2D eigenvalue weighted by Crippen LogP contribution is 2.70. The molecule has 0 amide bonds. The van der Waals surface area contributed by atoms with Gasteiger partial charge < -0.3 is 29.1 Å². The lowest BCUT2D eigenvalue weighted by Gasteiger charge is -2.62. The molecule has 0 aromatic rings. The van der Waals surface area contributed by atoms with Crippen LogP contribution in [0.5, 0.6) is 0 Å². The second-order valence-electron chi connectivity index (χ2n) is 10.3. The first kappa shape index (κ1) is 23.9. The third-order valence-electron chi connectivity index (χ3n) is 9.00. The van der Waals surface area contributed by atoms with Crippen LogP contribution in [0.1, 0.15) is 46.5 Å². The van der Waals surface area contributed by atoms with Crippen molar-refractivity contribution in [2.24, 2.45) is 28.6 Å². The van der Waals surface area contributed by atoms with Gasteiger partial charge in [0.2, 0.25) is 0 Å². The molecule has 0 heterocycles. The predicted octanol–water partition coefficient (Wildman–Crippen LogP) is 0.749. The number of allylic oxidation sites excluding steroid dienone is 4. The fourth-order valence-corrected chi connectivity index (χ4v) is 7.66. The summed E-state index contributed by atoms with van der Waals surface area (Å²) in [6, 6.07) is 0. The first-order valence-corrected chi connectivity index (χ1v) is 12.3. The average molecular weight is 470 g/mol. The van der Waals surface area contributed by atoms with Crippen LogP contribution in [0.15, 0.2) is 23.8 Å². The molecule has 3 saturated carbocycles. The predicted molar refractivity (Wildman–Crippen MR) is 106 cm³/mol. The lowest BCUT2D eigenvalue weighted by molar-refractivity contribution is -0.341. The molecular formula is C22H28FO8P-2. The minimum atomic E-state index is -5.43. The van der Waals surface area contributed by atoms with Gasteiger partial charge in [-0.3, -0.25) is 9.59 Å². The van der Waals surface area contributed by atoms with Crippen LogP contribution < -0.4 is 9.79 Å². The van der Waals surface area contributed by atoms with E-state index in [0.717, 1.165) is 0 Å². The second-order valence-corrected chi connectivity index (χ2v) is 11.5. The van der Waals surface area contributed by atoms with Crippen molar-refractivity contribution in [1.29, 1.82) is 0 Å². The zero-order valence-electron chi connectivity index (χ0n) is 18.2. The minimum Gasteiger partial charge on any atom is -0.790 e. The highest BCUT2D eigenvalue weighted by atomic mass is 31.2. The molecule has 8 atom stereocenters. The van der Waals surface area contributed by atoms with Gasteiger partial charge in [-0.1, -0.05) is 25.5 Å². The van der Waals surface area contributed by atoms with E-state index in [4.69, 9.17) is 0 Å². The normalized spacial score (nSPS) is 48.0. The van der Waals surface area contributed by atoms with Crippen LogP contribution in [0, 0.1) is 28.6 Å². The van der Waals surface area contributed by atoms with E-state index >= 15 is 4.39 Å². The number of aliphatic hydroxyl groups excluding tert-OH is 1. The van der Waals surface area contributed by atoms with E-state index in [1.165, 1.54) is 18.2 Å². The van der Waals surface area contributed by atoms with Gasteiger partial charge in [0.25, 0.3) is 0 Å². The molecule has 0 aromatic carbocycles. The van der Waals surface area contributed by atoms with Crippen molar-refractivity contribution in [1.82, 2.24) is 0 Å². The number of fused-ring (bicyclic) bond motifs is 5. The molecule has 4 rings (SSSR count). The zero-order chi connectivity index (χ0) is 23.9. The number of hydrogen-bond donors (Lipinski definition) is 2. The molecule has 0 saturated heterocycles. The molecule has 10 heteroatoms. The summed E-state index contributed by atoms with van der Waals surface area (Å²) in [5, 5.41) is 22.8. The van der Waals surface area contributed by atoms with Crippen LogP contribution in [0.4, 0.5) is 4.39 Å². The van der Waals surface area contributed by atoms with E-state index in [1.807, 2.05) is 0 Å². The molecule has 0 spiro atoms. The summed E-state index contributed by atoms with van der Waals surface area (Å²) in [5.74, 6) is -3.06. The van der Waals surface area contributed by atoms with Crippen LogP contribution in [0.2, 0.25) is 0 Å². The average Bonchev–Trinajstić information content (AvgIpc) is 2.89. The number of halogens is 1. The van der Waals surface area contributed by atoms with Crippen LogP contribution in [0.25, 0.3) is 0 Å². The van der Waals surface area contributed by atoms with Gasteiger partial charge in [-0.05, 0) is 56.6 Å². The number of rotatable bonds is 4. The first-order chi connectivity index (χ1) is 14.6. The number of phosphoric ester groups is 1. The third kappa shape index (κ3) is 2.95. The van der Waals surface area contributed by atoms with Crippen LogP contribution in [-0.4, -0.2) is 45.8 Å². The Balaban J connectivity index is 1.74. The lowest BCUT2D eigenvalue weighted by atomic mass is 9.44. The Labute approximate surface area is 185 Å². The summed E-state index contributed by atoms with van der Waals surface area (Å²) in [6.07, 6.45) is 3.54. The molecular weight excluding hydrogens is 442 g/mol. The van der Waals surface area contributed by atoms with Crippen molar-refractivity contribution < 1.29 is 43.1 Å². The maximum atomic E-state index is 17.0. The van der Waals surface area contributed by atoms with Crippen molar-refractivity contribution >= 4 is 19.4 Å². The van der Waals surface area contributed by atoms with Gasteiger partial charge >= 0.3 is 0 Å². The molecule has 0 bridgehead atoms. The SMILES string of the molecule is C[C@@H]1C[C@H]2[C@@H]3CCC4=CC(=O)C=CC4(C)[C@@]3(F)[C@@H](O)C[C@]2(C)[C@@]1(O)C(=O)COP(=O)([O-])[O-]. The van der Waals surface area contributed by atoms with Crippen molar-refractivity contribution in [2.75, 3.05) is 6.61 Å². The van der Waals surface area contributed by atoms with Crippen molar-refractivity contribution in [3.05, 3.63) is 23.8 Å². The standard InChI is InChI=1S/C22H30FO8P/c1-12-8-16-15-5-4-13-9-14(24)6-7-19(13,2)21(15,23)17(25)10-20(16,3)22(12,27)18(26)11-31-32(28,29)30/h6-7,9,12,15-17,25,27H,4-5,8,10-11H2,1-3H3,(H2,28,29,30)/p-2/t12-,15+,16+,17+,19?,20+,21+,22+/m1/s1. The number of carbonyl (C=O) groups excluding carboxylic acids is 2. The smallest absolute Gasteiger partial charge is 0.191 e. The number of ketones is 2. The van der Waals surface area contributed by atoms with E-state index in [1.54, 1.807) is 20.8 Å². The molecule has 8 nitrogen and oxygen atoms in total. The summed E-state index contributed by atoms with van der Waals surface area (Å²) >= 11 is 0. The van der Waals surface area contributed by atoms with E-state index in [2.05, 4.69) is 4.52 Å². The Kier molecular flexibility index (Phi) is 5.34. The topological polar surface area (TPSA) is 147 Å². The molecule has 4 aliphatic rings. The summed E-state index contributed by atoms with van der Waals surface area (Å²) in [4.78, 5) is 46.6. The number of phosphoric acid groups is 1. The van der Waals surface area contributed by atoms with Gasteiger partial charge in [0, 0.05) is 16.7 Å². The Morgan fingerprint density at radius 2 is 2.00 bits per heavy atom. The first-order valence-electron chi connectivity index (χ1n) is 10.8. The maximum Gasteiger partial charge on any atom is 0.191 e. The van der Waals surface area contributed by atoms with Crippen molar-refractivity contribution in [2.45, 2.75) is 63.8 Å². The number of hydrogen-bond acceptors (Lipinski definition) is 8. The maximum absolute atomic E-state index is 17.0. The second kappa shape index (κ2) is 7.14. The van der Waals surface area contributed by atoms with Gasteiger partial charge in [0.15, 0.2) is 17.2 Å². The quantitative estimate of drug-likeness (QED) is 0.572. The summed E-state index contributed by atoms with van der Waals surface area (Å²) in [5.41, 5.74) is -6.03. The summed E-state index contributed by atoms with van der Waals surface area (Å²) in [6.45, 7) is 3.80. The Morgan fingerprint density at radius 3 is 2.62 bits per heavy atom. The highest BCUT2D eigenvalue weighted by Gasteiger charge is 2.75. The Hall–Kier alpha value is -1.22. The Bertz CT molecular complexity index is 973. The van der Waals surface area contributed by atoms with Crippen LogP contribution in [-0.2, 0) is 18.7 Å². The molecule has 4 aliphatic carbocycles. The van der Waals surface area contributed by atoms with E-state index in [9.17, 15) is 34.2 Å². The van der Waals surface area contributed by atoms with E-state index < -0.39 is 66.2 Å². The van der Waals surface area contributed by atoms with E-state index in [0.29, 0.717) is 18.4 Å². The molecule has 3 fully saturated rings. The third-order valence-corrected chi connectivity index (χ3v) is 9.45. The fourth-order valence-electron chi connectivity index (χ4n) is 7.39. The van der Waals surface area contributed by atoms with Gasteiger partial charge in [0.05, 0.1) is 13.9 Å². The van der Waals surface area contributed by atoms with E-state index in [-0.39, 0.29) is 18.6 Å². The van der Waals surface area contributed by atoms with Gasteiger partial charge in [-0.25, -0.2) is 4.39 Å². The molecule has 0 aromatic heterocycles. The van der Waals surface area contributed by atoms with Crippen molar-refractivity contribution in [3.8, 4) is 0 Å². The number of alkyl halides is 1. The number of carbonyl (C=O) groups is 2. The van der Waals surface area contributed by atoms with Crippen LogP contribution >= 0.6 is 7.82 Å². The van der Waals surface area contributed by atoms with Gasteiger partial charge in [-0.2, -0.15) is 0 Å². The van der Waals surface area contributed by atoms with Gasteiger partial charge in [-0.15, -0.1) is 0 Å². The zero-order valence-corrected chi connectivity index (χ0v) is 19.1. The largest absolute Gasteiger partial charge is 0.790 e. The molecule has 0 radical (unpaired) electrons. The molecule has 178 valence electrons. The Morgan fingerprint density at radius 1 is 1.34 bits per heavy atom. The monoisotopic (exact) mass is 470 g/mol. The fraction of sp³-hybridized carbons (Fsp3) is 0.727. The summed E-state index contributed by atoms with van der Waals surface area (Å²) in [7, 11) is -5.43. The number of Topliss-reactive ketones (excluding diaryl/α,β-unsaturated/α-hetero) is 1. The molecule has 32 heavy (non-hydrogen) atoms. The summed E-state index contributed by atoms with van der Waals surface area (Å²) < 4.78 is 32.0. The molecule has 0 aliphatic heterocycles. The highest BCUT2D eigenvalue weighted by molar-refractivity contribution is 7.43. The molecule has 1 unspecified atom stereocenters. The van der Waals surface area contributed by atoms with Crippen LogP contribution in [0.3, 0.4) is 0 Å².